The minimum Gasteiger partial charge on any atom is -0.387 e. The molecule has 0 aliphatic carbocycles. The molecule has 0 spiro atoms. The second kappa shape index (κ2) is 5.11. The predicted octanol–water partition coefficient (Wildman–Crippen LogP) is 2.21. The van der Waals surface area contributed by atoms with Gasteiger partial charge in [-0.1, -0.05) is 36.2 Å². The molecule has 18 heavy (non-hydrogen) atoms. The summed E-state index contributed by atoms with van der Waals surface area (Å²) in [5.74, 6) is 0.565. The molecule has 2 unspecified atom stereocenters. The van der Waals surface area contributed by atoms with Gasteiger partial charge in [0, 0.05) is 13.0 Å². The van der Waals surface area contributed by atoms with E-state index in [9.17, 15) is 9.90 Å². The summed E-state index contributed by atoms with van der Waals surface area (Å²) in [6.07, 6.45) is 0.0254. The molecule has 3 heteroatoms. The van der Waals surface area contributed by atoms with Gasteiger partial charge in [-0.25, -0.2) is 0 Å². The summed E-state index contributed by atoms with van der Waals surface area (Å²) in [7, 11) is 0. The highest BCUT2D eigenvalue weighted by atomic mass is 16.3. The van der Waals surface area contributed by atoms with Gasteiger partial charge in [-0.05, 0) is 25.3 Å². The zero-order valence-corrected chi connectivity index (χ0v) is 11.3. The van der Waals surface area contributed by atoms with E-state index in [1.54, 1.807) is 4.90 Å². The van der Waals surface area contributed by atoms with Crippen LogP contribution in [0.3, 0.4) is 0 Å². The molecule has 1 aliphatic heterocycles. The maximum Gasteiger partial charge on any atom is 0.223 e. The Bertz CT molecular complexity index is 436. The molecule has 2 rings (SSSR count). The third kappa shape index (κ3) is 2.91. The third-order valence-corrected chi connectivity index (χ3v) is 3.43. The van der Waals surface area contributed by atoms with Crippen molar-refractivity contribution in [3.8, 4) is 0 Å². The normalized spacial score (nSPS) is 21.4. The molecule has 1 aromatic carbocycles. The Morgan fingerprint density at radius 3 is 2.44 bits per heavy atom. The fourth-order valence-corrected chi connectivity index (χ4v) is 2.66. The summed E-state index contributed by atoms with van der Waals surface area (Å²) >= 11 is 0. The van der Waals surface area contributed by atoms with Gasteiger partial charge in [0.05, 0.1) is 12.6 Å². The van der Waals surface area contributed by atoms with Crippen molar-refractivity contribution in [1.29, 1.82) is 0 Å². The largest absolute Gasteiger partial charge is 0.387 e. The van der Waals surface area contributed by atoms with Crippen LogP contribution in [0.2, 0.25) is 0 Å². The average Bonchev–Trinajstić information content (AvgIpc) is 2.56. The molecule has 1 heterocycles. The van der Waals surface area contributed by atoms with Crippen LogP contribution in [0.1, 0.15) is 36.1 Å². The van der Waals surface area contributed by atoms with E-state index in [1.807, 2.05) is 26.0 Å². The van der Waals surface area contributed by atoms with Crippen LogP contribution in [0, 0.1) is 19.8 Å². The minimum atomic E-state index is -0.585. The number of hydrogen-bond acceptors (Lipinski definition) is 2. The van der Waals surface area contributed by atoms with E-state index >= 15 is 0 Å². The van der Waals surface area contributed by atoms with Crippen LogP contribution in [0.4, 0.5) is 0 Å². The van der Waals surface area contributed by atoms with Crippen LogP contribution in [0.25, 0.3) is 0 Å². The van der Waals surface area contributed by atoms with E-state index < -0.39 is 6.10 Å². The predicted molar refractivity (Wildman–Crippen MR) is 71.2 cm³/mol. The van der Waals surface area contributed by atoms with Crippen molar-refractivity contribution in [3.63, 3.8) is 0 Å². The van der Waals surface area contributed by atoms with Crippen LogP contribution < -0.4 is 0 Å². The number of aryl methyl sites for hydroxylation is 2. The van der Waals surface area contributed by atoms with Crippen LogP contribution in [0.15, 0.2) is 18.2 Å². The van der Waals surface area contributed by atoms with Gasteiger partial charge in [-0.2, -0.15) is 0 Å². The number of rotatable bonds is 3. The summed E-state index contributed by atoms with van der Waals surface area (Å²) < 4.78 is 0. The second-order valence-corrected chi connectivity index (χ2v) is 5.54. The molecule has 1 amide bonds. The van der Waals surface area contributed by atoms with Crippen molar-refractivity contribution >= 4 is 5.91 Å². The molecule has 0 radical (unpaired) electrons. The number of carbonyl (C=O) groups excluding carboxylic acids is 1. The lowest BCUT2D eigenvalue weighted by Gasteiger charge is -2.21. The summed E-state index contributed by atoms with van der Waals surface area (Å²) in [6.45, 7) is 7.28. The topological polar surface area (TPSA) is 40.5 Å². The molecule has 1 aromatic rings. The zero-order valence-electron chi connectivity index (χ0n) is 11.3. The first-order valence-electron chi connectivity index (χ1n) is 6.49. The Kier molecular flexibility index (Phi) is 3.71. The number of likely N-dealkylation sites (tertiary alicyclic amines) is 1. The summed E-state index contributed by atoms with van der Waals surface area (Å²) in [4.78, 5) is 13.5. The van der Waals surface area contributed by atoms with Crippen LogP contribution in [0.5, 0.6) is 0 Å². The molecular formula is C15H21NO2. The van der Waals surface area contributed by atoms with Crippen LogP contribution in [-0.2, 0) is 4.79 Å². The molecule has 1 fully saturated rings. The van der Waals surface area contributed by atoms with Crippen LogP contribution >= 0.6 is 0 Å². The second-order valence-electron chi connectivity index (χ2n) is 5.54. The van der Waals surface area contributed by atoms with E-state index in [2.05, 4.69) is 13.0 Å². The highest BCUT2D eigenvalue weighted by Gasteiger charge is 2.28. The van der Waals surface area contributed by atoms with E-state index in [-0.39, 0.29) is 5.91 Å². The Hall–Kier alpha value is -1.35. The molecule has 0 saturated carbocycles. The maximum atomic E-state index is 11.7. The van der Waals surface area contributed by atoms with E-state index in [1.165, 1.54) is 0 Å². The number of nitrogens with zero attached hydrogens (tertiary/aromatic N) is 1. The standard InChI is InChI=1S/C15H21NO2/c1-10-4-11(2)6-13(5-10)14(17)9-16-8-12(3)7-15(16)18/h4-6,12,14,17H,7-9H2,1-3H3. The SMILES string of the molecule is Cc1cc(C)cc(C(O)CN2CC(C)CC2=O)c1. The highest BCUT2D eigenvalue weighted by molar-refractivity contribution is 5.78. The lowest BCUT2D eigenvalue weighted by atomic mass is 10.0. The average molecular weight is 247 g/mol. The lowest BCUT2D eigenvalue weighted by Crippen LogP contribution is -2.30. The summed E-state index contributed by atoms with van der Waals surface area (Å²) in [5.41, 5.74) is 3.19. The Labute approximate surface area is 108 Å². The fourth-order valence-electron chi connectivity index (χ4n) is 2.66. The number of β-amino-alcohol motifs (C(OH)–C–C–N with tert-alkyl or cyclic N) is 1. The molecule has 2 atom stereocenters. The van der Waals surface area contributed by atoms with Crippen molar-refractivity contribution in [1.82, 2.24) is 4.90 Å². The molecule has 1 saturated heterocycles. The summed E-state index contributed by atoms with van der Waals surface area (Å²) in [6, 6.07) is 6.06. The molecule has 3 nitrogen and oxygen atoms in total. The molecular weight excluding hydrogens is 226 g/mol. The minimum absolute atomic E-state index is 0.158. The molecule has 1 N–H and O–H groups in total. The molecule has 98 valence electrons. The number of carbonyl (C=O) groups is 1. The number of aliphatic hydroxyl groups excluding tert-OH is 1. The van der Waals surface area contributed by atoms with E-state index in [0.29, 0.717) is 18.9 Å². The van der Waals surface area contributed by atoms with E-state index in [0.717, 1.165) is 23.2 Å². The van der Waals surface area contributed by atoms with Gasteiger partial charge in [-0.3, -0.25) is 4.79 Å². The Morgan fingerprint density at radius 2 is 1.94 bits per heavy atom. The molecule has 1 aliphatic rings. The van der Waals surface area contributed by atoms with Crippen molar-refractivity contribution < 1.29 is 9.90 Å². The highest BCUT2D eigenvalue weighted by Crippen LogP contribution is 2.22. The monoisotopic (exact) mass is 247 g/mol. The molecule has 0 bridgehead atoms. The number of aliphatic hydroxyl groups is 1. The van der Waals surface area contributed by atoms with Gasteiger partial charge in [-0.15, -0.1) is 0 Å². The fraction of sp³-hybridized carbons (Fsp3) is 0.533. The quantitative estimate of drug-likeness (QED) is 0.889. The smallest absolute Gasteiger partial charge is 0.223 e. The zero-order chi connectivity index (χ0) is 13.3. The van der Waals surface area contributed by atoms with E-state index in [4.69, 9.17) is 0 Å². The maximum absolute atomic E-state index is 11.7. The van der Waals surface area contributed by atoms with Gasteiger partial charge in [0.1, 0.15) is 0 Å². The van der Waals surface area contributed by atoms with Gasteiger partial charge < -0.3 is 10.0 Å². The molecule has 0 aromatic heterocycles. The third-order valence-electron chi connectivity index (χ3n) is 3.43. The number of amides is 1. The van der Waals surface area contributed by atoms with Crippen LogP contribution in [-0.4, -0.2) is 29.0 Å². The Morgan fingerprint density at radius 1 is 1.33 bits per heavy atom. The lowest BCUT2D eigenvalue weighted by molar-refractivity contribution is -0.128. The van der Waals surface area contributed by atoms with Gasteiger partial charge in [0.25, 0.3) is 0 Å². The van der Waals surface area contributed by atoms with Gasteiger partial charge in [0.15, 0.2) is 0 Å². The number of hydrogen-bond donors (Lipinski definition) is 1. The first-order valence-corrected chi connectivity index (χ1v) is 6.49. The van der Waals surface area contributed by atoms with Gasteiger partial charge in [0.2, 0.25) is 5.91 Å². The van der Waals surface area contributed by atoms with Crippen molar-refractivity contribution in [2.75, 3.05) is 13.1 Å². The van der Waals surface area contributed by atoms with Crippen molar-refractivity contribution in [2.24, 2.45) is 5.92 Å². The summed E-state index contributed by atoms with van der Waals surface area (Å²) in [5, 5.41) is 10.2. The van der Waals surface area contributed by atoms with Crippen molar-refractivity contribution in [2.45, 2.75) is 33.3 Å². The van der Waals surface area contributed by atoms with Crippen molar-refractivity contribution in [3.05, 3.63) is 34.9 Å². The first kappa shape index (κ1) is 13.1. The van der Waals surface area contributed by atoms with Gasteiger partial charge >= 0.3 is 0 Å². The first-order chi connectivity index (χ1) is 8.45. The Balaban J connectivity index is 2.07. The number of benzene rings is 1.